The van der Waals surface area contributed by atoms with Crippen molar-refractivity contribution in [1.82, 2.24) is 10.6 Å². The van der Waals surface area contributed by atoms with Crippen LogP contribution in [0.1, 0.15) is 57.5 Å². The van der Waals surface area contributed by atoms with Crippen molar-refractivity contribution >= 4 is 18.0 Å². The molecule has 9 heteroatoms. The molecule has 1 aromatic heterocycles. The third-order valence-corrected chi connectivity index (χ3v) is 4.86. The zero-order chi connectivity index (χ0) is 25.3. The summed E-state index contributed by atoms with van der Waals surface area (Å²) < 4.78 is 12.3. The van der Waals surface area contributed by atoms with Gasteiger partial charge >= 0.3 is 12.1 Å². The van der Waals surface area contributed by atoms with Crippen molar-refractivity contribution in [2.24, 2.45) is 5.92 Å². The first-order valence-electron chi connectivity index (χ1n) is 11.4. The number of rotatable bonds is 9. The fourth-order valence-electron chi connectivity index (χ4n) is 3.18. The van der Waals surface area contributed by atoms with Crippen LogP contribution in [0.3, 0.4) is 0 Å². The van der Waals surface area contributed by atoms with Crippen LogP contribution in [-0.2, 0) is 27.4 Å². The van der Waals surface area contributed by atoms with Gasteiger partial charge in [0.05, 0.1) is 5.56 Å². The molecule has 192 valence electrons. The maximum atomic E-state index is 12.7. The lowest BCUT2D eigenvalue weighted by Gasteiger charge is -2.26. The van der Waals surface area contributed by atoms with Crippen molar-refractivity contribution < 1.29 is 40.8 Å². The van der Waals surface area contributed by atoms with E-state index in [-0.39, 0.29) is 37.0 Å². The van der Waals surface area contributed by atoms with E-state index < -0.39 is 23.7 Å². The molecule has 0 unspecified atom stereocenters. The lowest BCUT2D eigenvalue weighted by Crippen LogP contribution is -3.00. The van der Waals surface area contributed by atoms with Crippen LogP contribution in [0.4, 0.5) is 4.79 Å². The number of hydrogen-bond acceptors (Lipinski definition) is 5. The van der Waals surface area contributed by atoms with Crippen molar-refractivity contribution in [2.75, 3.05) is 0 Å². The van der Waals surface area contributed by atoms with Crippen LogP contribution in [0, 0.1) is 5.92 Å². The van der Waals surface area contributed by atoms with Crippen LogP contribution in [0.2, 0.25) is 0 Å². The van der Waals surface area contributed by atoms with Crippen LogP contribution in [0.25, 0.3) is 0 Å². The van der Waals surface area contributed by atoms with Gasteiger partial charge in [-0.05, 0) is 45.6 Å². The average Bonchev–Trinajstić information content (AvgIpc) is 2.75. The van der Waals surface area contributed by atoms with Gasteiger partial charge in [0, 0.05) is 18.2 Å². The number of ether oxygens (including phenoxy) is 2. The second kappa shape index (κ2) is 13.7. The standard InChI is InChI=1S/C26H35N3O5.ClH/c1-18(2)22(24(31)34-26(4,5)6)28-23(30)21-12-14-29(15-13-21)17-33-25(32)27-19(3)16-20-10-8-7-9-11-20;/h7-15,18-19,22H,16-17H2,1-6H3,(H-,27,28,30,32);1H/t19-,22-;/m0./s1. The van der Waals surface area contributed by atoms with Crippen LogP contribution < -0.4 is 27.6 Å². The number of carbonyl (C=O) groups is 3. The van der Waals surface area contributed by atoms with Gasteiger partial charge in [0.1, 0.15) is 11.6 Å². The highest BCUT2D eigenvalue weighted by Crippen LogP contribution is 2.13. The molecule has 0 radical (unpaired) electrons. The first-order valence-corrected chi connectivity index (χ1v) is 11.4. The largest absolute Gasteiger partial charge is 1.00 e. The molecule has 8 nitrogen and oxygen atoms in total. The first-order chi connectivity index (χ1) is 15.9. The zero-order valence-corrected chi connectivity index (χ0v) is 22.0. The topological polar surface area (TPSA) is 97.6 Å². The van der Waals surface area contributed by atoms with E-state index in [9.17, 15) is 14.4 Å². The Labute approximate surface area is 213 Å². The maximum Gasteiger partial charge on any atom is 0.412 e. The van der Waals surface area contributed by atoms with Gasteiger partial charge in [-0.15, -0.1) is 0 Å². The van der Waals surface area contributed by atoms with Crippen molar-refractivity contribution in [1.29, 1.82) is 0 Å². The Kier molecular flexibility index (Phi) is 11.7. The molecule has 0 fully saturated rings. The molecule has 2 aromatic rings. The molecule has 1 heterocycles. The predicted molar refractivity (Wildman–Crippen MR) is 128 cm³/mol. The van der Waals surface area contributed by atoms with E-state index in [0.29, 0.717) is 12.0 Å². The molecule has 0 saturated carbocycles. The molecular weight excluding hydrogens is 470 g/mol. The molecule has 1 aromatic carbocycles. The van der Waals surface area contributed by atoms with E-state index >= 15 is 0 Å². The lowest BCUT2D eigenvalue weighted by atomic mass is 10.0. The fraction of sp³-hybridized carbons (Fsp3) is 0.462. The number of nitrogens with one attached hydrogen (secondary N) is 2. The van der Waals surface area contributed by atoms with E-state index in [1.165, 1.54) is 0 Å². The number of nitrogens with zero attached hydrogens (tertiary/aromatic N) is 1. The number of alkyl carbamates (subject to hydrolysis) is 1. The summed E-state index contributed by atoms with van der Waals surface area (Å²) in [7, 11) is 0. The SMILES string of the molecule is CC(C)[C@H](NC(=O)c1cc[n+](COC(=O)N[C@@H](C)Cc2ccccc2)cc1)C(=O)OC(C)(C)C.[Cl-]. The quantitative estimate of drug-likeness (QED) is 0.379. The number of hydrogen-bond donors (Lipinski definition) is 2. The van der Waals surface area contributed by atoms with Crippen molar-refractivity contribution in [2.45, 2.75) is 72.4 Å². The van der Waals surface area contributed by atoms with Crippen LogP contribution in [0.15, 0.2) is 54.9 Å². The van der Waals surface area contributed by atoms with Gasteiger partial charge in [-0.3, -0.25) is 4.79 Å². The predicted octanol–water partition coefficient (Wildman–Crippen LogP) is 0.389. The molecule has 2 N–H and O–H groups in total. The summed E-state index contributed by atoms with van der Waals surface area (Å²) in [5, 5.41) is 5.55. The summed E-state index contributed by atoms with van der Waals surface area (Å²) in [6.07, 6.45) is 3.45. The molecule has 0 aliphatic heterocycles. The molecule has 0 spiro atoms. The zero-order valence-electron chi connectivity index (χ0n) is 21.2. The molecule has 0 aliphatic carbocycles. The second-order valence-corrected chi connectivity index (χ2v) is 9.63. The van der Waals surface area contributed by atoms with E-state index in [2.05, 4.69) is 10.6 Å². The molecule has 0 saturated heterocycles. The minimum Gasteiger partial charge on any atom is -1.00 e. The van der Waals surface area contributed by atoms with Gasteiger partial charge in [0.2, 0.25) is 0 Å². The normalized spacial score (nSPS) is 12.7. The van der Waals surface area contributed by atoms with Gasteiger partial charge in [-0.25, -0.2) is 9.59 Å². The fourth-order valence-corrected chi connectivity index (χ4v) is 3.18. The summed E-state index contributed by atoms with van der Waals surface area (Å²) >= 11 is 0. The highest BCUT2D eigenvalue weighted by atomic mass is 35.5. The first kappa shape index (κ1) is 29.9. The number of esters is 1. The van der Waals surface area contributed by atoms with Gasteiger partial charge in [-0.2, -0.15) is 4.57 Å². The Hall–Kier alpha value is -3.13. The van der Waals surface area contributed by atoms with Gasteiger partial charge in [0.25, 0.3) is 12.6 Å². The molecule has 2 rings (SSSR count). The Morgan fingerprint density at radius 2 is 1.54 bits per heavy atom. The number of amides is 2. The number of aromatic nitrogens is 1. The number of benzene rings is 1. The van der Waals surface area contributed by atoms with Crippen LogP contribution in [-0.4, -0.2) is 35.7 Å². The lowest BCUT2D eigenvalue weighted by molar-refractivity contribution is -0.727. The number of halogens is 1. The summed E-state index contributed by atoms with van der Waals surface area (Å²) in [6.45, 7) is 11.0. The summed E-state index contributed by atoms with van der Waals surface area (Å²) in [4.78, 5) is 37.2. The van der Waals surface area contributed by atoms with E-state index in [1.807, 2.05) is 51.1 Å². The Morgan fingerprint density at radius 3 is 2.09 bits per heavy atom. The third-order valence-electron chi connectivity index (χ3n) is 4.86. The highest BCUT2D eigenvalue weighted by molar-refractivity contribution is 5.96. The van der Waals surface area contributed by atoms with Crippen molar-refractivity contribution in [3.05, 3.63) is 66.0 Å². The van der Waals surface area contributed by atoms with Gasteiger partial charge in [0.15, 0.2) is 12.4 Å². The van der Waals surface area contributed by atoms with Gasteiger partial charge < -0.3 is 32.5 Å². The monoisotopic (exact) mass is 505 g/mol. The van der Waals surface area contributed by atoms with Gasteiger partial charge in [-0.1, -0.05) is 44.2 Å². The summed E-state index contributed by atoms with van der Waals surface area (Å²) in [5.41, 5.74) is 0.870. The molecular formula is C26H36ClN3O5. The molecule has 2 atom stereocenters. The van der Waals surface area contributed by atoms with Crippen LogP contribution >= 0.6 is 0 Å². The van der Waals surface area contributed by atoms with E-state index in [1.54, 1.807) is 49.9 Å². The highest BCUT2D eigenvalue weighted by Gasteiger charge is 2.29. The number of pyridine rings is 1. The van der Waals surface area contributed by atoms with E-state index in [0.717, 1.165) is 5.56 Å². The Balaban J connectivity index is 0.00000612. The smallest absolute Gasteiger partial charge is 0.412 e. The van der Waals surface area contributed by atoms with Crippen LogP contribution in [0.5, 0.6) is 0 Å². The Morgan fingerprint density at radius 1 is 0.943 bits per heavy atom. The maximum absolute atomic E-state index is 12.7. The average molecular weight is 506 g/mol. The second-order valence-electron chi connectivity index (χ2n) is 9.63. The Bertz CT molecular complexity index is 959. The summed E-state index contributed by atoms with van der Waals surface area (Å²) in [6, 6.07) is 12.2. The van der Waals surface area contributed by atoms with Crippen molar-refractivity contribution in [3.63, 3.8) is 0 Å². The van der Waals surface area contributed by atoms with Crippen molar-refractivity contribution in [3.8, 4) is 0 Å². The molecule has 35 heavy (non-hydrogen) atoms. The third kappa shape index (κ3) is 10.8. The minimum atomic E-state index is -0.760. The molecule has 0 aliphatic rings. The van der Waals surface area contributed by atoms with E-state index in [4.69, 9.17) is 9.47 Å². The number of carbonyl (C=O) groups excluding carboxylic acids is 3. The summed E-state index contributed by atoms with van der Waals surface area (Å²) in [5.74, 6) is -0.989. The minimum absolute atomic E-state index is 0. The molecule has 0 bridgehead atoms. The molecule has 2 amide bonds.